The van der Waals surface area contributed by atoms with E-state index in [2.05, 4.69) is 17.9 Å². The number of hydrogen-bond acceptors (Lipinski definition) is 1. The quantitative estimate of drug-likeness (QED) is 0.285. The van der Waals surface area contributed by atoms with E-state index in [4.69, 9.17) is 12.2 Å². The molecule has 3 atom stereocenters. The second-order valence-electron chi connectivity index (χ2n) is 0.418. The summed E-state index contributed by atoms with van der Waals surface area (Å²) in [5, 5.41) is 0. The van der Waals surface area contributed by atoms with Gasteiger partial charge in [0.15, 0.2) is 0 Å². The Morgan fingerprint density at radius 3 is 1.83 bits per heavy atom. The molecule has 0 nitrogen and oxygen atoms in total. The van der Waals surface area contributed by atoms with Gasteiger partial charge in [-0.3, -0.25) is 8.93 Å². The zero-order valence-corrected chi connectivity index (χ0v) is 8.37. The van der Waals surface area contributed by atoms with E-state index in [0.717, 1.165) is 0 Å². The van der Waals surface area contributed by atoms with Crippen molar-refractivity contribution in [3.63, 3.8) is 0 Å². The normalized spacial score (nSPS) is 14.5. The molecule has 0 spiro atoms. The van der Waals surface area contributed by atoms with E-state index in [-0.39, 0.29) is 25.4 Å². The van der Waals surface area contributed by atoms with Gasteiger partial charge in [-0.05, 0) is 0 Å². The Morgan fingerprint density at radius 2 is 1.83 bits per heavy atom. The molecule has 0 fully saturated rings. The van der Waals surface area contributed by atoms with Gasteiger partial charge in [-0.1, -0.05) is 0 Å². The summed E-state index contributed by atoms with van der Waals surface area (Å²) >= 11 is 4.77. The standard InChI is InChI=1S/Li.H4P4S/c;1-3-4(2)5/h;1-2H2/q+1;-2. The largest absolute Gasteiger partial charge is 1.00 e. The third-order valence-corrected chi connectivity index (χ3v) is 9.22. The maximum atomic E-state index is 4.77. The van der Waals surface area contributed by atoms with E-state index >= 15 is 0 Å². The van der Waals surface area contributed by atoms with Gasteiger partial charge in [-0.2, -0.15) is 8.93 Å². The molecule has 0 heterocycles. The smallest absolute Gasteiger partial charge is 0.785 e. The maximum absolute atomic E-state index is 4.77. The van der Waals surface area contributed by atoms with E-state index in [9.17, 15) is 0 Å². The summed E-state index contributed by atoms with van der Waals surface area (Å²) in [6, 6.07) is 0. The minimum Gasteiger partial charge on any atom is -0.785 e. The molecule has 0 bridgehead atoms. The van der Waals surface area contributed by atoms with Crippen LogP contribution in [0.5, 0.6) is 0 Å². The molecule has 0 aromatic carbocycles. The van der Waals surface area contributed by atoms with Crippen molar-refractivity contribution in [3.8, 4) is 0 Å². The first-order chi connectivity index (χ1) is 2.27. The van der Waals surface area contributed by atoms with E-state index in [1.165, 1.54) is 7.96 Å². The van der Waals surface area contributed by atoms with Gasteiger partial charge in [-0.25, -0.2) is 0 Å². The van der Waals surface area contributed by atoms with Crippen LogP contribution in [-0.2, 0) is 12.2 Å². The van der Waals surface area contributed by atoms with Gasteiger partial charge >= 0.3 is 18.9 Å². The summed E-state index contributed by atoms with van der Waals surface area (Å²) in [6.45, 7) is -0.163. The average Bonchev–Trinajstić information content (AvgIpc) is 1.38. The number of hydrogen-bond donors (Lipinski definition) is 0. The van der Waals surface area contributed by atoms with Crippen LogP contribution < -0.4 is 18.9 Å². The van der Waals surface area contributed by atoms with E-state index in [1.807, 2.05) is 0 Å². The Morgan fingerprint density at radius 1 is 1.67 bits per heavy atom. The molecular formula is H4LiP4S-. The van der Waals surface area contributed by atoms with Crippen molar-refractivity contribution in [2.75, 3.05) is 0 Å². The van der Waals surface area contributed by atoms with Gasteiger partial charge in [0.25, 0.3) is 0 Å². The van der Waals surface area contributed by atoms with Gasteiger partial charge in [0, 0.05) is 0 Å². The minimum atomic E-state index is -0.163. The fourth-order valence-corrected chi connectivity index (χ4v) is 0. The molecule has 0 aromatic heterocycles. The Labute approximate surface area is 63.3 Å². The van der Waals surface area contributed by atoms with E-state index < -0.39 is 0 Å². The van der Waals surface area contributed by atoms with Crippen molar-refractivity contribution in [3.05, 3.63) is 0 Å². The van der Waals surface area contributed by atoms with Crippen molar-refractivity contribution in [2.45, 2.75) is 0 Å². The molecule has 0 amide bonds. The summed E-state index contributed by atoms with van der Waals surface area (Å²) in [6.07, 6.45) is 0. The summed E-state index contributed by atoms with van der Waals surface area (Å²) < 4.78 is 0. The molecule has 0 rings (SSSR count). The second-order valence-corrected chi connectivity index (χ2v) is 11.3. The molecule has 0 saturated heterocycles. The molecule has 0 aliphatic carbocycles. The monoisotopic (exact) mass is 167 g/mol. The molecule has 0 aliphatic heterocycles. The second kappa shape index (κ2) is 7.67. The van der Waals surface area contributed by atoms with E-state index in [1.54, 1.807) is 0 Å². The first kappa shape index (κ1) is 11.5. The molecule has 0 aromatic rings. The summed E-state index contributed by atoms with van der Waals surface area (Å²) in [4.78, 5) is 0. The van der Waals surface area contributed by atoms with Crippen molar-refractivity contribution >= 4 is 44.6 Å². The van der Waals surface area contributed by atoms with Crippen LogP contribution in [0.2, 0.25) is 0 Å². The Hall–Kier alpha value is 2.67. The van der Waals surface area contributed by atoms with Gasteiger partial charge < -0.3 is 26.7 Å². The Bertz CT molecular complexity index is 21.5. The minimum absolute atomic E-state index is 0. The molecule has 0 radical (unpaired) electrons. The third kappa shape index (κ3) is 9.83. The fraction of sp³-hybridized carbons (Fsp3) is 0. The predicted molar refractivity (Wildman–Crippen MR) is 40.6 cm³/mol. The SMILES string of the molecule is P[P-]P(P)[S-].[Li+]. The van der Waals surface area contributed by atoms with Crippen LogP contribution >= 0.6 is 32.3 Å². The Balaban J connectivity index is 0. The maximum Gasteiger partial charge on any atom is 1.00 e. The third-order valence-electron chi connectivity index (χ3n) is 0.114. The summed E-state index contributed by atoms with van der Waals surface area (Å²) in [7, 11) is 6.41. The first-order valence-corrected chi connectivity index (χ1v) is 8.09. The molecule has 0 saturated carbocycles. The van der Waals surface area contributed by atoms with Crippen LogP contribution in [-0.4, -0.2) is 0 Å². The van der Waals surface area contributed by atoms with Crippen LogP contribution in [0, 0.1) is 0 Å². The van der Waals surface area contributed by atoms with Gasteiger partial charge in [0.2, 0.25) is 0 Å². The average molecular weight is 167 g/mol. The summed E-state index contributed by atoms with van der Waals surface area (Å²) in [5.41, 5.74) is 0. The summed E-state index contributed by atoms with van der Waals surface area (Å²) in [5.74, 6) is 0. The Kier molecular flexibility index (Phi) is 14.6. The molecule has 0 N–H and O–H groups in total. The van der Waals surface area contributed by atoms with Gasteiger partial charge in [-0.15, -0.1) is 0 Å². The predicted octanol–water partition coefficient (Wildman–Crippen LogP) is -0.624. The van der Waals surface area contributed by atoms with Crippen LogP contribution in [0.15, 0.2) is 0 Å². The molecule has 3 unspecified atom stereocenters. The van der Waals surface area contributed by atoms with Crippen molar-refractivity contribution < 1.29 is 18.9 Å². The fourth-order valence-electron chi connectivity index (χ4n) is 0. The van der Waals surface area contributed by atoms with Crippen molar-refractivity contribution in [1.29, 1.82) is 0 Å². The zero-order valence-electron chi connectivity index (χ0n) is 3.46. The molecule has 32 valence electrons. The molecular weight excluding hydrogens is 163 g/mol. The topological polar surface area (TPSA) is 0 Å². The van der Waals surface area contributed by atoms with Gasteiger partial charge in [0.05, 0.1) is 0 Å². The van der Waals surface area contributed by atoms with Crippen molar-refractivity contribution in [2.24, 2.45) is 0 Å². The molecule has 6 heteroatoms. The van der Waals surface area contributed by atoms with Crippen LogP contribution in [0.25, 0.3) is 0 Å². The first-order valence-electron chi connectivity index (χ1n) is 0.899. The van der Waals surface area contributed by atoms with Crippen LogP contribution in [0.1, 0.15) is 0 Å². The van der Waals surface area contributed by atoms with Gasteiger partial charge in [0.1, 0.15) is 0 Å². The van der Waals surface area contributed by atoms with Crippen molar-refractivity contribution in [1.82, 2.24) is 0 Å². The van der Waals surface area contributed by atoms with E-state index in [0.29, 0.717) is 0 Å². The number of rotatable bonds is 1. The zero-order chi connectivity index (χ0) is 4.28. The van der Waals surface area contributed by atoms with Crippen LogP contribution in [0.3, 0.4) is 0 Å². The van der Waals surface area contributed by atoms with Crippen LogP contribution in [0.4, 0.5) is 0 Å². The molecule has 6 heavy (non-hydrogen) atoms. The molecule has 0 aliphatic rings.